The van der Waals surface area contributed by atoms with Crippen molar-refractivity contribution in [1.82, 2.24) is 5.32 Å². The van der Waals surface area contributed by atoms with Crippen molar-refractivity contribution in [1.29, 1.82) is 0 Å². The summed E-state index contributed by atoms with van der Waals surface area (Å²) in [6.07, 6.45) is 0. The molecule has 0 saturated carbocycles. The third kappa shape index (κ3) is 4.59. The Kier molecular flexibility index (Phi) is 5.45. The van der Waals surface area contributed by atoms with Crippen LogP contribution in [0.15, 0.2) is 29.4 Å². The average Bonchev–Trinajstić information content (AvgIpc) is 2.43. The highest BCUT2D eigenvalue weighted by atomic mass is 19.3. The topological polar surface area (TPSA) is 96.9 Å². The maximum atomic E-state index is 12.3. The minimum Gasteiger partial charge on any atom is -0.434 e. The van der Waals surface area contributed by atoms with Crippen LogP contribution in [0.3, 0.4) is 0 Å². The molecule has 0 aromatic heterocycles. The lowest BCUT2D eigenvalue weighted by Crippen LogP contribution is -2.42. The first-order chi connectivity index (χ1) is 9.77. The van der Waals surface area contributed by atoms with Crippen molar-refractivity contribution in [3.8, 4) is 5.75 Å². The molecule has 4 N–H and O–H groups in total. The van der Waals surface area contributed by atoms with Gasteiger partial charge in [0, 0.05) is 12.0 Å². The maximum absolute atomic E-state index is 12.3. The van der Waals surface area contributed by atoms with Gasteiger partial charge in [-0.15, -0.1) is 0 Å². The molecule has 1 amide bonds. The van der Waals surface area contributed by atoms with Crippen LogP contribution in [0.4, 0.5) is 8.78 Å². The molecule has 0 fully saturated rings. The number of hydrogen-bond donors (Lipinski definition) is 3. The number of amides is 1. The van der Waals surface area contributed by atoms with Gasteiger partial charge >= 0.3 is 6.61 Å². The summed E-state index contributed by atoms with van der Waals surface area (Å²) in [7, 11) is 0. The second-order valence-electron chi connectivity index (χ2n) is 4.93. The molecule has 0 aliphatic carbocycles. The molecule has 0 atom stereocenters. The van der Waals surface area contributed by atoms with E-state index in [1.807, 2.05) is 0 Å². The number of nitrogens with one attached hydrogen (secondary N) is 1. The van der Waals surface area contributed by atoms with Crippen molar-refractivity contribution in [2.75, 3.05) is 6.54 Å². The Balaban J connectivity index is 2.81. The van der Waals surface area contributed by atoms with Gasteiger partial charge in [-0.2, -0.15) is 8.78 Å². The Hall–Kier alpha value is -2.38. The molecule has 1 rings (SSSR count). The first kappa shape index (κ1) is 16.7. The van der Waals surface area contributed by atoms with Crippen LogP contribution >= 0.6 is 0 Å². The van der Waals surface area contributed by atoms with Crippen molar-refractivity contribution >= 4 is 11.7 Å². The second-order valence-corrected chi connectivity index (χ2v) is 4.93. The molecular weight excluding hydrogens is 284 g/mol. The summed E-state index contributed by atoms with van der Waals surface area (Å²) in [6.45, 7) is 0.353. The van der Waals surface area contributed by atoms with Crippen molar-refractivity contribution in [3.63, 3.8) is 0 Å². The molecule has 8 heteroatoms. The van der Waals surface area contributed by atoms with Gasteiger partial charge in [0.15, 0.2) is 0 Å². The van der Waals surface area contributed by atoms with Gasteiger partial charge in [0.25, 0.3) is 5.91 Å². The van der Waals surface area contributed by atoms with Gasteiger partial charge in [-0.25, -0.2) is 0 Å². The van der Waals surface area contributed by atoms with Gasteiger partial charge in [-0.05, 0) is 12.1 Å². The Labute approximate surface area is 120 Å². The Morgan fingerprint density at radius 1 is 1.48 bits per heavy atom. The first-order valence-electron chi connectivity index (χ1n) is 6.08. The van der Waals surface area contributed by atoms with E-state index in [4.69, 9.17) is 10.9 Å². The lowest BCUT2D eigenvalue weighted by molar-refractivity contribution is -0.0501. The van der Waals surface area contributed by atoms with Crippen LogP contribution in [-0.4, -0.2) is 30.1 Å². The summed E-state index contributed by atoms with van der Waals surface area (Å²) < 4.78 is 28.8. The molecule has 21 heavy (non-hydrogen) atoms. The van der Waals surface area contributed by atoms with Gasteiger partial charge in [-0.1, -0.05) is 31.1 Å². The number of ether oxygens (including phenoxy) is 1. The smallest absolute Gasteiger partial charge is 0.387 e. The molecule has 6 nitrogen and oxygen atoms in total. The van der Waals surface area contributed by atoms with Crippen LogP contribution in [0.2, 0.25) is 0 Å². The molecule has 116 valence electrons. The van der Waals surface area contributed by atoms with E-state index < -0.39 is 17.9 Å². The summed E-state index contributed by atoms with van der Waals surface area (Å²) in [6, 6.07) is 5.65. The molecule has 0 spiro atoms. The maximum Gasteiger partial charge on any atom is 0.387 e. The third-order valence-electron chi connectivity index (χ3n) is 2.84. The number of carbonyl (C=O) groups is 1. The van der Waals surface area contributed by atoms with Crippen LogP contribution in [0.1, 0.15) is 24.2 Å². The number of carbonyl (C=O) groups excluding carboxylic acids is 1. The minimum atomic E-state index is -3.02. The third-order valence-corrected chi connectivity index (χ3v) is 2.84. The van der Waals surface area contributed by atoms with Gasteiger partial charge in [0.2, 0.25) is 0 Å². The van der Waals surface area contributed by atoms with E-state index in [2.05, 4.69) is 15.2 Å². The number of benzene rings is 1. The lowest BCUT2D eigenvalue weighted by atomic mass is 9.92. The Morgan fingerprint density at radius 2 is 2.10 bits per heavy atom. The fourth-order valence-electron chi connectivity index (χ4n) is 1.48. The highest BCUT2D eigenvalue weighted by Gasteiger charge is 2.25. The van der Waals surface area contributed by atoms with Crippen molar-refractivity contribution < 1.29 is 23.5 Å². The van der Waals surface area contributed by atoms with E-state index in [0.717, 1.165) is 0 Å². The number of hydrogen-bond acceptors (Lipinski definition) is 4. The molecule has 1 aromatic rings. The summed E-state index contributed by atoms with van der Waals surface area (Å²) in [5.41, 5.74) is 4.69. The lowest BCUT2D eigenvalue weighted by Gasteiger charge is -2.23. The summed E-state index contributed by atoms with van der Waals surface area (Å²) in [5, 5.41) is 14.1. The van der Waals surface area contributed by atoms with Crippen LogP contribution < -0.4 is 15.8 Å². The number of amidine groups is 1. The standard InChI is InChI=1S/C13H17F2N3O3/c1-13(2,11(16)18-20)7-17-10(19)8-5-3-4-6-9(8)21-12(14)15/h3-6,12,20H,7H2,1-2H3,(H2,16,18)(H,17,19). The van der Waals surface area contributed by atoms with Crippen molar-refractivity contribution in [2.24, 2.45) is 16.3 Å². The molecule has 1 aromatic carbocycles. The van der Waals surface area contributed by atoms with Gasteiger partial charge in [0.05, 0.1) is 5.56 Å². The molecule has 0 bridgehead atoms. The van der Waals surface area contributed by atoms with Crippen molar-refractivity contribution in [2.45, 2.75) is 20.5 Å². The zero-order valence-corrected chi connectivity index (χ0v) is 11.6. The Morgan fingerprint density at radius 3 is 2.67 bits per heavy atom. The number of para-hydroxylation sites is 1. The van der Waals surface area contributed by atoms with E-state index in [1.54, 1.807) is 13.8 Å². The van der Waals surface area contributed by atoms with E-state index in [0.29, 0.717) is 0 Å². The normalized spacial score (nSPS) is 12.3. The molecule has 0 saturated heterocycles. The molecule has 0 aliphatic heterocycles. The van der Waals surface area contributed by atoms with Gasteiger partial charge < -0.3 is 21.0 Å². The van der Waals surface area contributed by atoms with Crippen LogP contribution in [0.5, 0.6) is 5.75 Å². The highest BCUT2D eigenvalue weighted by molar-refractivity contribution is 5.97. The number of rotatable bonds is 6. The predicted molar refractivity (Wildman–Crippen MR) is 72.6 cm³/mol. The van der Waals surface area contributed by atoms with Gasteiger partial charge in [-0.3, -0.25) is 4.79 Å². The minimum absolute atomic E-state index is 0.0203. The SMILES string of the molecule is CC(C)(CNC(=O)c1ccccc1OC(F)F)/C(N)=N/O. The van der Waals surface area contributed by atoms with E-state index in [9.17, 15) is 13.6 Å². The molecule has 0 unspecified atom stereocenters. The van der Waals surface area contributed by atoms with E-state index in [-0.39, 0.29) is 23.7 Å². The fourth-order valence-corrected chi connectivity index (χ4v) is 1.48. The van der Waals surface area contributed by atoms with Crippen molar-refractivity contribution in [3.05, 3.63) is 29.8 Å². The van der Waals surface area contributed by atoms with Crippen LogP contribution in [-0.2, 0) is 0 Å². The average molecular weight is 301 g/mol. The zero-order chi connectivity index (χ0) is 16.0. The predicted octanol–water partition coefficient (Wildman–Crippen LogP) is 1.79. The molecular formula is C13H17F2N3O3. The number of oxime groups is 1. The quantitative estimate of drug-likeness (QED) is 0.323. The van der Waals surface area contributed by atoms with E-state index in [1.165, 1.54) is 24.3 Å². The van der Waals surface area contributed by atoms with E-state index >= 15 is 0 Å². The number of nitrogens with zero attached hydrogens (tertiary/aromatic N) is 1. The fraction of sp³-hybridized carbons (Fsp3) is 0.385. The Bertz CT molecular complexity index is 533. The first-order valence-corrected chi connectivity index (χ1v) is 6.08. The summed E-state index contributed by atoms with van der Waals surface area (Å²) in [4.78, 5) is 12.0. The summed E-state index contributed by atoms with van der Waals surface area (Å²) in [5.74, 6) is -0.864. The number of nitrogens with two attached hydrogens (primary N) is 1. The highest BCUT2D eigenvalue weighted by Crippen LogP contribution is 2.21. The van der Waals surface area contributed by atoms with Gasteiger partial charge in [0.1, 0.15) is 11.6 Å². The molecule has 0 radical (unpaired) electrons. The number of alkyl halides is 2. The largest absolute Gasteiger partial charge is 0.434 e. The molecule has 0 aliphatic rings. The molecule has 0 heterocycles. The van der Waals surface area contributed by atoms with Crippen LogP contribution in [0.25, 0.3) is 0 Å². The number of halogens is 2. The summed E-state index contributed by atoms with van der Waals surface area (Å²) >= 11 is 0. The second kappa shape index (κ2) is 6.87. The monoisotopic (exact) mass is 301 g/mol. The zero-order valence-electron chi connectivity index (χ0n) is 11.6. The van der Waals surface area contributed by atoms with Crippen LogP contribution in [0, 0.1) is 5.41 Å².